The van der Waals surface area contributed by atoms with Crippen LogP contribution in [0.5, 0.6) is 0 Å². The minimum Gasteiger partial charge on any atom is -0.481 e. The zero-order valence-corrected chi connectivity index (χ0v) is 12.9. The van der Waals surface area contributed by atoms with E-state index in [0.29, 0.717) is 11.8 Å². The van der Waals surface area contributed by atoms with E-state index in [2.05, 4.69) is 31.2 Å². The zero-order valence-electron chi connectivity index (χ0n) is 12.9. The molecule has 1 atom stereocenters. The Morgan fingerprint density at radius 3 is 2.52 bits per heavy atom. The van der Waals surface area contributed by atoms with Gasteiger partial charge in [-0.1, -0.05) is 44.0 Å². The van der Waals surface area contributed by atoms with Crippen molar-refractivity contribution in [3.63, 3.8) is 0 Å². The summed E-state index contributed by atoms with van der Waals surface area (Å²) in [6, 6.07) is 8.84. The normalized spacial score (nSPS) is 27.3. The van der Waals surface area contributed by atoms with Gasteiger partial charge in [-0.25, -0.2) is 0 Å². The van der Waals surface area contributed by atoms with Gasteiger partial charge in [0.1, 0.15) is 0 Å². The van der Waals surface area contributed by atoms with Crippen LogP contribution < -0.4 is 0 Å². The van der Waals surface area contributed by atoms with Gasteiger partial charge in [-0.05, 0) is 60.5 Å². The molecule has 0 radical (unpaired) electrons. The lowest BCUT2D eigenvalue weighted by Gasteiger charge is -2.27. The molecule has 21 heavy (non-hydrogen) atoms. The first kappa shape index (κ1) is 14.6. The second-order valence-electron chi connectivity index (χ2n) is 7.17. The number of benzene rings is 1. The zero-order chi connectivity index (χ0) is 14.8. The van der Waals surface area contributed by atoms with Crippen LogP contribution in [0.2, 0.25) is 0 Å². The first-order chi connectivity index (χ1) is 10.1. The van der Waals surface area contributed by atoms with E-state index >= 15 is 0 Å². The Labute approximate surface area is 127 Å². The Balaban J connectivity index is 1.76. The predicted octanol–water partition coefficient (Wildman–Crippen LogP) is 4.95. The largest absolute Gasteiger partial charge is 0.481 e. The molecule has 2 aliphatic carbocycles. The van der Waals surface area contributed by atoms with Crippen molar-refractivity contribution in [3.05, 3.63) is 35.4 Å². The molecule has 1 aromatic rings. The van der Waals surface area contributed by atoms with Crippen LogP contribution in [0, 0.1) is 11.8 Å². The third-order valence-electron chi connectivity index (χ3n) is 5.41. The van der Waals surface area contributed by atoms with Crippen molar-refractivity contribution in [1.29, 1.82) is 0 Å². The van der Waals surface area contributed by atoms with Gasteiger partial charge in [0.15, 0.2) is 0 Å². The third kappa shape index (κ3) is 3.66. The maximum absolute atomic E-state index is 11.1. The minimum atomic E-state index is -0.663. The van der Waals surface area contributed by atoms with Crippen LogP contribution in [0.25, 0.3) is 0 Å². The molecule has 0 spiro atoms. The van der Waals surface area contributed by atoms with Crippen molar-refractivity contribution in [2.24, 2.45) is 11.8 Å². The molecule has 0 heterocycles. The van der Waals surface area contributed by atoms with Gasteiger partial charge in [0.2, 0.25) is 0 Å². The van der Waals surface area contributed by atoms with E-state index < -0.39 is 5.97 Å². The van der Waals surface area contributed by atoms with Crippen LogP contribution in [0.15, 0.2) is 24.3 Å². The summed E-state index contributed by atoms with van der Waals surface area (Å²) in [7, 11) is 0. The van der Waals surface area contributed by atoms with Gasteiger partial charge < -0.3 is 5.11 Å². The summed E-state index contributed by atoms with van der Waals surface area (Å²) in [4.78, 5) is 11.1. The summed E-state index contributed by atoms with van der Waals surface area (Å²) in [6.07, 6.45) is 7.92. The van der Waals surface area contributed by atoms with Crippen molar-refractivity contribution in [3.8, 4) is 0 Å². The van der Waals surface area contributed by atoms with Gasteiger partial charge in [0.05, 0.1) is 6.42 Å². The molecule has 2 aliphatic rings. The molecule has 1 N–H and O–H groups in total. The number of carboxylic acids is 1. The average molecular weight is 286 g/mol. The summed E-state index contributed by atoms with van der Waals surface area (Å²) < 4.78 is 0. The molecule has 114 valence electrons. The van der Waals surface area contributed by atoms with Gasteiger partial charge in [0, 0.05) is 0 Å². The van der Waals surface area contributed by atoms with E-state index in [1.165, 1.54) is 49.7 Å². The highest BCUT2D eigenvalue weighted by Crippen LogP contribution is 2.45. The van der Waals surface area contributed by atoms with Gasteiger partial charge in [-0.15, -0.1) is 0 Å². The van der Waals surface area contributed by atoms with E-state index in [9.17, 15) is 4.79 Å². The number of hydrogen-bond donors (Lipinski definition) is 1. The lowest BCUT2D eigenvalue weighted by molar-refractivity contribution is -0.137. The maximum Gasteiger partial charge on any atom is 0.303 e. The van der Waals surface area contributed by atoms with Crippen molar-refractivity contribution in [1.82, 2.24) is 0 Å². The van der Waals surface area contributed by atoms with Crippen molar-refractivity contribution >= 4 is 5.97 Å². The SMILES string of the molecule is CC1CCC(c2cccc(C(CC(=O)O)C3CC3)c2)CC1. The third-order valence-corrected chi connectivity index (χ3v) is 5.41. The van der Waals surface area contributed by atoms with Crippen molar-refractivity contribution in [2.75, 3.05) is 0 Å². The summed E-state index contributed by atoms with van der Waals surface area (Å²) in [5.74, 6) is 1.72. The Hall–Kier alpha value is -1.31. The number of aliphatic carboxylic acids is 1. The van der Waals surface area contributed by atoms with Gasteiger partial charge >= 0.3 is 5.97 Å². The maximum atomic E-state index is 11.1. The van der Waals surface area contributed by atoms with E-state index in [4.69, 9.17) is 5.11 Å². The average Bonchev–Trinajstić information content (AvgIpc) is 3.30. The smallest absolute Gasteiger partial charge is 0.303 e. The Bertz CT molecular complexity index is 496. The Morgan fingerprint density at radius 2 is 1.90 bits per heavy atom. The van der Waals surface area contributed by atoms with Gasteiger partial charge in [0.25, 0.3) is 0 Å². The molecule has 1 unspecified atom stereocenters. The topological polar surface area (TPSA) is 37.3 Å². The first-order valence-corrected chi connectivity index (χ1v) is 8.45. The van der Waals surface area contributed by atoms with E-state index in [-0.39, 0.29) is 12.3 Å². The summed E-state index contributed by atoms with van der Waals surface area (Å²) in [5.41, 5.74) is 2.70. The van der Waals surface area contributed by atoms with E-state index in [0.717, 1.165) is 5.92 Å². The van der Waals surface area contributed by atoms with Crippen LogP contribution in [0.3, 0.4) is 0 Å². The predicted molar refractivity (Wildman–Crippen MR) is 84.5 cm³/mol. The molecule has 3 rings (SSSR count). The fraction of sp³-hybridized carbons (Fsp3) is 0.632. The van der Waals surface area contributed by atoms with Crippen LogP contribution in [-0.4, -0.2) is 11.1 Å². The molecule has 1 aromatic carbocycles. The van der Waals surface area contributed by atoms with E-state index in [1.54, 1.807) is 0 Å². The molecular weight excluding hydrogens is 260 g/mol. The number of carboxylic acid groups (broad SMARTS) is 1. The first-order valence-electron chi connectivity index (χ1n) is 8.45. The minimum absolute atomic E-state index is 0.227. The molecule has 2 saturated carbocycles. The molecule has 0 aromatic heterocycles. The highest BCUT2D eigenvalue weighted by Gasteiger charge is 2.34. The number of carbonyl (C=O) groups is 1. The molecule has 0 bridgehead atoms. The molecule has 2 fully saturated rings. The fourth-order valence-corrected chi connectivity index (χ4v) is 3.88. The summed E-state index contributed by atoms with van der Waals surface area (Å²) in [6.45, 7) is 2.35. The fourth-order valence-electron chi connectivity index (χ4n) is 3.88. The van der Waals surface area contributed by atoms with Crippen LogP contribution in [0.4, 0.5) is 0 Å². The molecule has 0 saturated heterocycles. The Morgan fingerprint density at radius 1 is 1.19 bits per heavy atom. The monoisotopic (exact) mass is 286 g/mol. The standard InChI is InChI=1S/C19H26O2/c1-13-5-7-14(8-6-13)16-3-2-4-17(11-16)18(12-19(20)21)15-9-10-15/h2-4,11,13-15,18H,5-10,12H2,1H3,(H,20,21). The van der Waals surface area contributed by atoms with Crippen LogP contribution >= 0.6 is 0 Å². The van der Waals surface area contributed by atoms with Crippen LogP contribution in [-0.2, 0) is 4.79 Å². The molecule has 0 aliphatic heterocycles. The molecule has 2 nitrogen and oxygen atoms in total. The van der Waals surface area contributed by atoms with Crippen LogP contribution in [0.1, 0.15) is 74.8 Å². The van der Waals surface area contributed by atoms with Crippen molar-refractivity contribution < 1.29 is 9.90 Å². The molecular formula is C19H26O2. The van der Waals surface area contributed by atoms with Crippen molar-refractivity contribution in [2.45, 2.75) is 63.7 Å². The number of hydrogen-bond acceptors (Lipinski definition) is 1. The second kappa shape index (κ2) is 6.21. The summed E-state index contributed by atoms with van der Waals surface area (Å²) >= 11 is 0. The van der Waals surface area contributed by atoms with Gasteiger partial charge in [-0.3, -0.25) is 4.79 Å². The second-order valence-corrected chi connectivity index (χ2v) is 7.17. The lowest BCUT2D eigenvalue weighted by Crippen LogP contribution is -2.12. The molecule has 0 amide bonds. The molecule has 2 heteroatoms. The quantitative estimate of drug-likeness (QED) is 0.831. The Kier molecular flexibility index (Phi) is 4.32. The van der Waals surface area contributed by atoms with Gasteiger partial charge in [-0.2, -0.15) is 0 Å². The summed E-state index contributed by atoms with van der Waals surface area (Å²) in [5, 5.41) is 9.17. The number of rotatable bonds is 5. The lowest BCUT2D eigenvalue weighted by atomic mass is 9.78. The van der Waals surface area contributed by atoms with E-state index in [1.807, 2.05) is 0 Å². The highest BCUT2D eigenvalue weighted by atomic mass is 16.4. The highest BCUT2D eigenvalue weighted by molar-refractivity contribution is 5.68.